The Balaban J connectivity index is 1.85. The lowest BCUT2D eigenvalue weighted by Gasteiger charge is -2.23. The van der Waals surface area contributed by atoms with E-state index < -0.39 is 10.0 Å². The molecule has 0 bridgehead atoms. The molecule has 2 rings (SSSR count). The largest absolute Gasteiger partial charge is 0.375 e. The van der Waals surface area contributed by atoms with Gasteiger partial charge in [-0.2, -0.15) is 4.31 Å². The molecule has 4 nitrogen and oxygen atoms in total. The van der Waals surface area contributed by atoms with Crippen molar-refractivity contribution in [2.24, 2.45) is 0 Å². The van der Waals surface area contributed by atoms with Crippen LogP contribution < -0.4 is 0 Å². The zero-order valence-corrected chi connectivity index (χ0v) is 12.1. The Bertz CT molecular complexity index is 487. The minimum Gasteiger partial charge on any atom is -0.375 e. The quantitative estimate of drug-likeness (QED) is 0.802. The number of nitrogens with zero attached hydrogens (tertiary/aromatic N) is 1. The fraction of sp³-hybridized carbons (Fsp3) is 0.571. The van der Waals surface area contributed by atoms with Crippen LogP contribution in [0.15, 0.2) is 30.3 Å². The third-order valence-corrected chi connectivity index (χ3v) is 5.39. The van der Waals surface area contributed by atoms with Gasteiger partial charge in [0.25, 0.3) is 0 Å². The Labute approximate surface area is 115 Å². The molecular weight excluding hydrogens is 262 g/mol. The van der Waals surface area contributed by atoms with Gasteiger partial charge in [0.05, 0.1) is 19.0 Å². The van der Waals surface area contributed by atoms with Crippen LogP contribution in [0.5, 0.6) is 0 Å². The molecule has 0 amide bonds. The second-order valence-corrected chi connectivity index (χ2v) is 7.02. The summed E-state index contributed by atoms with van der Waals surface area (Å²) in [5, 5.41) is 0. The molecule has 1 saturated heterocycles. The molecule has 5 heteroatoms. The summed E-state index contributed by atoms with van der Waals surface area (Å²) in [5.41, 5.74) is 1.12. The second kappa shape index (κ2) is 6.50. The fourth-order valence-corrected chi connectivity index (χ4v) is 3.75. The van der Waals surface area contributed by atoms with Crippen LogP contribution in [-0.2, 0) is 21.4 Å². The van der Waals surface area contributed by atoms with Gasteiger partial charge >= 0.3 is 0 Å². The van der Waals surface area contributed by atoms with Gasteiger partial charge in [0.15, 0.2) is 0 Å². The van der Waals surface area contributed by atoms with E-state index in [9.17, 15) is 8.42 Å². The molecular formula is C14H21NO3S. The van der Waals surface area contributed by atoms with Gasteiger partial charge in [0.1, 0.15) is 0 Å². The molecule has 1 aromatic rings. The molecule has 1 aromatic carbocycles. The van der Waals surface area contributed by atoms with Crippen LogP contribution in [0.3, 0.4) is 0 Å². The molecule has 19 heavy (non-hydrogen) atoms. The number of hydrogen-bond acceptors (Lipinski definition) is 3. The maximum atomic E-state index is 11.9. The van der Waals surface area contributed by atoms with Crippen molar-refractivity contribution in [1.29, 1.82) is 0 Å². The summed E-state index contributed by atoms with van der Waals surface area (Å²) in [4.78, 5) is 0. The highest BCUT2D eigenvalue weighted by Gasteiger charge is 2.32. The third kappa shape index (κ3) is 3.78. The number of ether oxygens (including phenoxy) is 1. The van der Waals surface area contributed by atoms with E-state index in [0.717, 1.165) is 18.4 Å². The van der Waals surface area contributed by atoms with Crippen molar-refractivity contribution >= 4 is 10.0 Å². The van der Waals surface area contributed by atoms with Gasteiger partial charge in [-0.15, -0.1) is 0 Å². The second-order valence-electron chi connectivity index (χ2n) is 4.81. The topological polar surface area (TPSA) is 46.6 Å². The predicted octanol–water partition coefficient (Wildman–Crippen LogP) is 2.02. The molecule has 0 radical (unpaired) electrons. The molecule has 0 spiro atoms. The molecule has 1 fully saturated rings. The van der Waals surface area contributed by atoms with Gasteiger partial charge in [0.2, 0.25) is 10.0 Å². The molecule has 1 atom stereocenters. The van der Waals surface area contributed by atoms with Crippen LogP contribution >= 0.6 is 0 Å². The average Bonchev–Trinajstić information content (AvgIpc) is 2.89. The molecule has 1 aliphatic rings. The standard InChI is InChI=1S/C14H21NO3S/c1-2-19(16,17)15-10-6-9-14(15)12-18-11-13-7-4-3-5-8-13/h3-5,7-8,14H,2,6,9-12H2,1H3. The average molecular weight is 283 g/mol. The lowest BCUT2D eigenvalue weighted by atomic mass is 10.2. The van der Waals surface area contributed by atoms with E-state index in [-0.39, 0.29) is 11.8 Å². The summed E-state index contributed by atoms with van der Waals surface area (Å²) in [6.45, 7) is 3.34. The normalized spacial score (nSPS) is 20.8. The summed E-state index contributed by atoms with van der Waals surface area (Å²) < 4.78 is 31.1. The first kappa shape index (κ1) is 14.5. The van der Waals surface area contributed by atoms with Crippen LogP contribution in [-0.4, -0.2) is 37.7 Å². The van der Waals surface area contributed by atoms with Crippen molar-refractivity contribution in [1.82, 2.24) is 4.31 Å². The van der Waals surface area contributed by atoms with Crippen molar-refractivity contribution in [2.75, 3.05) is 18.9 Å². The first-order valence-electron chi connectivity index (χ1n) is 6.74. The van der Waals surface area contributed by atoms with Crippen molar-refractivity contribution in [3.8, 4) is 0 Å². The third-order valence-electron chi connectivity index (χ3n) is 3.47. The van der Waals surface area contributed by atoms with Crippen molar-refractivity contribution < 1.29 is 13.2 Å². The summed E-state index contributed by atoms with van der Waals surface area (Å²) in [5.74, 6) is 0.169. The highest BCUT2D eigenvalue weighted by atomic mass is 32.2. The fourth-order valence-electron chi connectivity index (χ4n) is 2.39. The SMILES string of the molecule is CCS(=O)(=O)N1CCCC1COCc1ccccc1. The van der Waals surface area contributed by atoms with Crippen molar-refractivity contribution in [3.63, 3.8) is 0 Å². The van der Waals surface area contributed by atoms with E-state index >= 15 is 0 Å². The molecule has 0 N–H and O–H groups in total. The predicted molar refractivity (Wildman–Crippen MR) is 75.3 cm³/mol. The summed E-state index contributed by atoms with van der Waals surface area (Å²) in [6, 6.07) is 9.94. The zero-order valence-electron chi connectivity index (χ0n) is 11.3. The minimum absolute atomic E-state index is 0.00802. The van der Waals surface area contributed by atoms with Crippen LogP contribution in [0.25, 0.3) is 0 Å². The van der Waals surface area contributed by atoms with Gasteiger partial charge in [-0.1, -0.05) is 30.3 Å². The minimum atomic E-state index is -3.09. The molecule has 106 valence electrons. The first-order chi connectivity index (χ1) is 9.13. The van der Waals surface area contributed by atoms with Crippen molar-refractivity contribution in [3.05, 3.63) is 35.9 Å². The first-order valence-corrected chi connectivity index (χ1v) is 8.35. The Morgan fingerprint density at radius 1 is 1.32 bits per heavy atom. The lowest BCUT2D eigenvalue weighted by molar-refractivity contribution is 0.0873. The monoisotopic (exact) mass is 283 g/mol. The van der Waals surface area contributed by atoms with Crippen LogP contribution in [0, 0.1) is 0 Å². The van der Waals surface area contributed by atoms with Crippen LogP contribution in [0.4, 0.5) is 0 Å². The number of hydrogen-bond donors (Lipinski definition) is 0. The van der Waals surface area contributed by atoms with Gasteiger partial charge < -0.3 is 4.74 Å². The molecule has 0 saturated carbocycles. The Kier molecular flexibility index (Phi) is 4.96. The van der Waals surface area contributed by atoms with Gasteiger partial charge in [0, 0.05) is 12.6 Å². The van der Waals surface area contributed by atoms with Gasteiger partial charge in [-0.25, -0.2) is 8.42 Å². The van der Waals surface area contributed by atoms with Gasteiger partial charge in [-0.3, -0.25) is 0 Å². The summed E-state index contributed by atoms with van der Waals surface area (Å²) >= 11 is 0. The van der Waals surface area contributed by atoms with Crippen LogP contribution in [0.1, 0.15) is 25.3 Å². The number of benzene rings is 1. The highest BCUT2D eigenvalue weighted by molar-refractivity contribution is 7.89. The van der Waals surface area contributed by atoms with Crippen LogP contribution in [0.2, 0.25) is 0 Å². The van der Waals surface area contributed by atoms with E-state index in [1.54, 1.807) is 11.2 Å². The zero-order chi connectivity index (χ0) is 13.7. The van der Waals surface area contributed by atoms with E-state index in [4.69, 9.17) is 4.74 Å². The Morgan fingerprint density at radius 2 is 2.05 bits per heavy atom. The number of rotatable bonds is 6. The molecule has 1 aliphatic heterocycles. The van der Waals surface area contributed by atoms with E-state index in [0.29, 0.717) is 19.8 Å². The number of sulfonamides is 1. The molecule has 0 aromatic heterocycles. The summed E-state index contributed by atoms with van der Waals surface area (Å²) in [7, 11) is -3.09. The Morgan fingerprint density at radius 3 is 2.74 bits per heavy atom. The van der Waals surface area contributed by atoms with E-state index in [2.05, 4.69) is 0 Å². The maximum Gasteiger partial charge on any atom is 0.214 e. The maximum absolute atomic E-state index is 11.9. The van der Waals surface area contributed by atoms with Gasteiger partial charge in [-0.05, 0) is 25.3 Å². The molecule has 0 aliphatic carbocycles. The molecule has 1 unspecified atom stereocenters. The smallest absolute Gasteiger partial charge is 0.214 e. The molecule has 1 heterocycles. The summed E-state index contributed by atoms with van der Waals surface area (Å²) in [6.07, 6.45) is 1.83. The Hall–Kier alpha value is -0.910. The highest BCUT2D eigenvalue weighted by Crippen LogP contribution is 2.21. The van der Waals surface area contributed by atoms with E-state index in [1.165, 1.54) is 0 Å². The van der Waals surface area contributed by atoms with Crippen molar-refractivity contribution in [2.45, 2.75) is 32.4 Å². The lowest BCUT2D eigenvalue weighted by Crippen LogP contribution is -2.39. The van der Waals surface area contributed by atoms with E-state index in [1.807, 2.05) is 30.3 Å².